The number of nitrogens with zero attached hydrogens (tertiary/aromatic N) is 1. The van der Waals surface area contributed by atoms with Gasteiger partial charge in [0.2, 0.25) is 10.0 Å². The molecule has 0 bridgehead atoms. The summed E-state index contributed by atoms with van der Waals surface area (Å²) in [6.07, 6.45) is -0.811. The summed E-state index contributed by atoms with van der Waals surface area (Å²) in [7, 11) is -3.54. The van der Waals surface area contributed by atoms with E-state index in [2.05, 4.69) is 5.32 Å². The second kappa shape index (κ2) is 8.96. The molecule has 0 aromatic heterocycles. The number of anilines is 1. The number of hydrogen-bond donors (Lipinski definition) is 1. The Morgan fingerprint density at radius 1 is 1.07 bits per heavy atom. The van der Waals surface area contributed by atoms with Crippen molar-refractivity contribution < 1.29 is 22.3 Å². The Balaban J connectivity index is 2.03. The first-order valence-corrected chi connectivity index (χ1v) is 10.0. The summed E-state index contributed by atoms with van der Waals surface area (Å²) in [5, 5.41) is 2.66. The van der Waals surface area contributed by atoms with E-state index in [1.807, 2.05) is 0 Å². The second-order valence-corrected chi connectivity index (χ2v) is 7.75. The predicted octanol–water partition coefficient (Wildman–Crippen LogP) is 3.26. The van der Waals surface area contributed by atoms with Crippen LogP contribution in [0.25, 0.3) is 0 Å². The second-order valence-electron chi connectivity index (χ2n) is 5.82. The molecule has 0 saturated heterocycles. The smallest absolute Gasteiger partial charge is 0.265 e. The van der Waals surface area contributed by atoms with E-state index in [-0.39, 0.29) is 10.7 Å². The van der Waals surface area contributed by atoms with Crippen LogP contribution in [0.4, 0.5) is 10.1 Å². The molecule has 0 fully saturated rings. The minimum atomic E-state index is -3.54. The van der Waals surface area contributed by atoms with Crippen molar-refractivity contribution in [3.63, 3.8) is 0 Å². The molecule has 0 aliphatic carbocycles. The third kappa shape index (κ3) is 5.27. The van der Waals surface area contributed by atoms with Crippen molar-refractivity contribution in [1.82, 2.24) is 4.31 Å². The number of ether oxygens (including phenoxy) is 1. The van der Waals surface area contributed by atoms with E-state index in [1.54, 1.807) is 20.8 Å². The van der Waals surface area contributed by atoms with Crippen LogP contribution in [0, 0.1) is 5.82 Å². The lowest BCUT2D eigenvalue weighted by molar-refractivity contribution is -0.122. The summed E-state index contributed by atoms with van der Waals surface area (Å²) in [6, 6.07) is 11.3. The Morgan fingerprint density at radius 3 is 2.15 bits per heavy atom. The van der Waals surface area contributed by atoms with Crippen LogP contribution in [0.3, 0.4) is 0 Å². The lowest BCUT2D eigenvalue weighted by Gasteiger charge is -2.19. The van der Waals surface area contributed by atoms with Crippen molar-refractivity contribution in [2.45, 2.75) is 31.8 Å². The van der Waals surface area contributed by atoms with Crippen molar-refractivity contribution in [3.05, 3.63) is 54.3 Å². The molecule has 27 heavy (non-hydrogen) atoms. The van der Waals surface area contributed by atoms with Gasteiger partial charge in [0.25, 0.3) is 5.91 Å². The molecule has 1 unspecified atom stereocenters. The van der Waals surface area contributed by atoms with E-state index in [1.165, 1.54) is 52.8 Å². The third-order valence-corrected chi connectivity index (χ3v) is 6.02. The predicted molar refractivity (Wildman–Crippen MR) is 102 cm³/mol. The minimum absolute atomic E-state index is 0.166. The van der Waals surface area contributed by atoms with E-state index < -0.39 is 22.0 Å². The highest BCUT2D eigenvalue weighted by Crippen LogP contribution is 2.19. The molecule has 0 aliphatic heterocycles. The Morgan fingerprint density at radius 2 is 1.63 bits per heavy atom. The van der Waals surface area contributed by atoms with Crippen LogP contribution in [0.15, 0.2) is 53.4 Å². The number of halogens is 1. The Hall–Kier alpha value is -2.45. The first-order chi connectivity index (χ1) is 12.8. The molecule has 0 radical (unpaired) electrons. The van der Waals surface area contributed by atoms with Crippen molar-refractivity contribution in [2.75, 3.05) is 18.4 Å². The van der Waals surface area contributed by atoms with Crippen LogP contribution in [-0.4, -0.2) is 37.8 Å². The summed E-state index contributed by atoms with van der Waals surface area (Å²) in [5.41, 5.74) is 0.452. The van der Waals surface area contributed by atoms with Crippen LogP contribution in [0.2, 0.25) is 0 Å². The zero-order valence-corrected chi connectivity index (χ0v) is 16.3. The van der Waals surface area contributed by atoms with E-state index in [4.69, 9.17) is 4.74 Å². The molecule has 0 heterocycles. The fourth-order valence-corrected chi connectivity index (χ4v) is 3.90. The van der Waals surface area contributed by atoms with Gasteiger partial charge in [0.05, 0.1) is 4.90 Å². The summed E-state index contributed by atoms with van der Waals surface area (Å²) in [4.78, 5) is 12.4. The quantitative estimate of drug-likeness (QED) is 0.746. The third-order valence-electron chi connectivity index (χ3n) is 3.96. The minimum Gasteiger partial charge on any atom is -0.481 e. The topological polar surface area (TPSA) is 75.7 Å². The van der Waals surface area contributed by atoms with Crippen molar-refractivity contribution in [2.24, 2.45) is 0 Å². The number of sulfonamides is 1. The molecule has 6 nitrogen and oxygen atoms in total. The average Bonchev–Trinajstić information content (AvgIpc) is 2.64. The largest absolute Gasteiger partial charge is 0.481 e. The summed E-state index contributed by atoms with van der Waals surface area (Å²) >= 11 is 0. The molecule has 1 N–H and O–H groups in total. The average molecular weight is 394 g/mol. The number of amides is 1. The van der Waals surface area contributed by atoms with Gasteiger partial charge in [0.1, 0.15) is 11.6 Å². The lowest BCUT2D eigenvalue weighted by Crippen LogP contribution is -2.31. The summed E-state index contributed by atoms with van der Waals surface area (Å²) < 4.78 is 44.6. The lowest BCUT2D eigenvalue weighted by atomic mass is 10.3. The van der Waals surface area contributed by atoms with Gasteiger partial charge in [0.15, 0.2) is 6.10 Å². The van der Waals surface area contributed by atoms with E-state index in [0.29, 0.717) is 24.5 Å². The summed E-state index contributed by atoms with van der Waals surface area (Å²) in [5.74, 6) is -0.419. The summed E-state index contributed by atoms with van der Waals surface area (Å²) in [6.45, 7) is 5.89. The zero-order chi connectivity index (χ0) is 20.0. The number of hydrogen-bond acceptors (Lipinski definition) is 4. The highest BCUT2D eigenvalue weighted by atomic mass is 32.2. The molecular formula is C19H23FN2O4S. The maximum absolute atomic E-state index is 12.9. The van der Waals surface area contributed by atoms with Crippen molar-refractivity contribution >= 4 is 21.6 Å². The van der Waals surface area contributed by atoms with Crippen molar-refractivity contribution in [1.29, 1.82) is 0 Å². The molecular weight excluding hydrogens is 371 g/mol. The van der Waals surface area contributed by atoms with Crippen LogP contribution >= 0.6 is 0 Å². The van der Waals surface area contributed by atoms with Gasteiger partial charge >= 0.3 is 0 Å². The number of carbonyl (C=O) groups excluding carboxylic acids is 1. The van der Waals surface area contributed by atoms with Crippen molar-refractivity contribution in [3.8, 4) is 5.75 Å². The SMILES string of the molecule is CCN(CC)S(=O)(=O)c1ccc(NC(=O)C(C)Oc2ccc(F)cc2)cc1. The van der Waals surface area contributed by atoms with Gasteiger partial charge in [-0.15, -0.1) is 0 Å². The molecule has 8 heteroatoms. The van der Waals surface area contributed by atoms with Gasteiger partial charge in [-0.05, 0) is 55.5 Å². The Labute approximate surface area is 159 Å². The Bertz CT molecular complexity index is 864. The number of carbonyl (C=O) groups is 1. The fraction of sp³-hybridized carbons (Fsp3) is 0.316. The monoisotopic (exact) mass is 394 g/mol. The van der Waals surface area contributed by atoms with Gasteiger partial charge in [-0.25, -0.2) is 12.8 Å². The molecule has 0 aliphatic rings. The molecule has 2 aromatic carbocycles. The number of benzene rings is 2. The highest BCUT2D eigenvalue weighted by molar-refractivity contribution is 7.89. The number of rotatable bonds is 8. The molecule has 0 spiro atoms. The molecule has 2 aromatic rings. The van der Waals surface area contributed by atoms with Crippen LogP contribution in [-0.2, 0) is 14.8 Å². The maximum Gasteiger partial charge on any atom is 0.265 e. The Kier molecular flexibility index (Phi) is 6.92. The van der Waals surface area contributed by atoms with Crippen LogP contribution in [0.5, 0.6) is 5.75 Å². The molecule has 0 saturated carbocycles. The van der Waals surface area contributed by atoms with E-state index >= 15 is 0 Å². The van der Waals surface area contributed by atoms with Gasteiger partial charge < -0.3 is 10.1 Å². The fourth-order valence-electron chi connectivity index (χ4n) is 2.44. The molecule has 2 rings (SSSR count). The highest BCUT2D eigenvalue weighted by Gasteiger charge is 2.21. The van der Waals surface area contributed by atoms with Gasteiger partial charge in [-0.3, -0.25) is 4.79 Å². The molecule has 1 amide bonds. The normalized spacial score (nSPS) is 12.6. The van der Waals surface area contributed by atoms with E-state index in [0.717, 1.165) is 0 Å². The van der Waals surface area contributed by atoms with Crippen LogP contribution < -0.4 is 10.1 Å². The first kappa shape index (κ1) is 20.9. The van der Waals surface area contributed by atoms with E-state index in [9.17, 15) is 17.6 Å². The van der Waals surface area contributed by atoms with Gasteiger partial charge in [-0.2, -0.15) is 4.31 Å². The zero-order valence-electron chi connectivity index (χ0n) is 15.5. The maximum atomic E-state index is 12.9. The van der Waals surface area contributed by atoms with Crippen LogP contribution in [0.1, 0.15) is 20.8 Å². The van der Waals surface area contributed by atoms with Gasteiger partial charge in [-0.1, -0.05) is 13.8 Å². The first-order valence-electron chi connectivity index (χ1n) is 8.61. The molecule has 146 valence electrons. The standard InChI is InChI=1S/C19H23FN2O4S/c1-4-22(5-2)27(24,25)18-12-8-16(9-13-18)21-19(23)14(3)26-17-10-6-15(20)7-11-17/h6-14H,4-5H2,1-3H3,(H,21,23). The molecule has 1 atom stereocenters. The van der Waals surface area contributed by atoms with Gasteiger partial charge in [0, 0.05) is 18.8 Å². The number of nitrogens with one attached hydrogen (secondary N) is 1.